The van der Waals surface area contributed by atoms with E-state index in [1.807, 2.05) is 32.6 Å². The van der Waals surface area contributed by atoms with Crippen LogP contribution in [-0.4, -0.2) is 62.7 Å². The fourth-order valence-corrected chi connectivity index (χ4v) is 3.14. The molecule has 1 aliphatic heterocycles. The fraction of sp³-hybridized carbons (Fsp3) is 0.765. The van der Waals surface area contributed by atoms with Crippen LogP contribution in [0.25, 0.3) is 0 Å². The van der Waals surface area contributed by atoms with Crippen molar-refractivity contribution in [3.05, 3.63) is 11.7 Å². The monoisotopic (exact) mass is 350 g/mol. The molecule has 0 N–H and O–H groups in total. The van der Waals surface area contributed by atoms with Gasteiger partial charge < -0.3 is 19.1 Å². The van der Waals surface area contributed by atoms with Crippen LogP contribution >= 0.6 is 0 Å². The largest absolute Gasteiger partial charge is 0.444 e. The Labute approximate surface area is 147 Å². The lowest BCUT2D eigenvalue weighted by atomic mass is 10.2. The molecule has 1 aromatic heterocycles. The van der Waals surface area contributed by atoms with E-state index in [4.69, 9.17) is 9.26 Å². The predicted molar refractivity (Wildman–Crippen MR) is 88.8 cm³/mol. The van der Waals surface area contributed by atoms with Gasteiger partial charge in [-0.1, -0.05) is 12.1 Å². The van der Waals surface area contributed by atoms with Gasteiger partial charge in [-0.05, 0) is 27.2 Å². The maximum absolute atomic E-state index is 12.5. The molecule has 0 radical (unpaired) electrons. The molecule has 138 valence electrons. The van der Waals surface area contributed by atoms with Gasteiger partial charge in [0, 0.05) is 32.4 Å². The molecule has 3 rings (SSSR count). The van der Waals surface area contributed by atoms with Gasteiger partial charge in [0.25, 0.3) is 0 Å². The molecule has 2 fully saturated rings. The highest BCUT2D eigenvalue weighted by Crippen LogP contribution is 2.37. The maximum Gasteiger partial charge on any atom is 0.410 e. The third kappa shape index (κ3) is 4.11. The van der Waals surface area contributed by atoms with Crippen molar-refractivity contribution in [1.29, 1.82) is 0 Å². The van der Waals surface area contributed by atoms with E-state index in [9.17, 15) is 9.59 Å². The number of hydrogen-bond acceptors (Lipinski definition) is 6. The minimum Gasteiger partial charge on any atom is -0.444 e. The van der Waals surface area contributed by atoms with E-state index < -0.39 is 5.60 Å². The highest BCUT2D eigenvalue weighted by molar-refractivity contribution is 5.78. The Morgan fingerprint density at radius 3 is 2.56 bits per heavy atom. The molecule has 0 bridgehead atoms. The lowest BCUT2D eigenvalue weighted by Crippen LogP contribution is -2.51. The first kappa shape index (κ1) is 17.7. The number of nitrogens with zero attached hydrogens (tertiary/aromatic N) is 4. The van der Waals surface area contributed by atoms with Crippen LogP contribution in [0.4, 0.5) is 4.79 Å². The van der Waals surface area contributed by atoms with Crippen molar-refractivity contribution < 1.29 is 18.8 Å². The summed E-state index contributed by atoms with van der Waals surface area (Å²) in [6.45, 7) is 8.59. The minimum atomic E-state index is -0.504. The van der Waals surface area contributed by atoms with Gasteiger partial charge in [-0.15, -0.1) is 0 Å². The molecular weight excluding hydrogens is 324 g/mol. The van der Waals surface area contributed by atoms with Crippen LogP contribution in [0.3, 0.4) is 0 Å². The number of hydrogen-bond donors (Lipinski definition) is 0. The number of ether oxygens (including phenoxy) is 1. The SMILES string of the molecule is CCc1noc(CCC(=O)N2CCN(C(=O)OC(C)(C)C)C3CC32)n1. The minimum absolute atomic E-state index is 0.0765. The summed E-state index contributed by atoms with van der Waals surface area (Å²) in [5.74, 6) is 1.24. The van der Waals surface area contributed by atoms with Crippen LogP contribution in [0, 0.1) is 0 Å². The van der Waals surface area contributed by atoms with Gasteiger partial charge in [0.2, 0.25) is 11.8 Å². The molecule has 25 heavy (non-hydrogen) atoms. The van der Waals surface area contributed by atoms with E-state index >= 15 is 0 Å². The van der Waals surface area contributed by atoms with E-state index in [0.717, 1.165) is 6.42 Å². The second-order valence-electron chi connectivity index (χ2n) is 7.59. The number of carbonyl (C=O) groups excluding carboxylic acids is 2. The number of amides is 2. The number of piperazine rings is 1. The highest BCUT2D eigenvalue weighted by atomic mass is 16.6. The Balaban J connectivity index is 1.50. The molecule has 0 spiro atoms. The summed E-state index contributed by atoms with van der Waals surface area (Å²) in [6.07, 6.45) is 2.06. The Bertz CT molecular complexity index is 651. The zero-order valence-electron chi connectivity index (χ0n) is 15.3. The van der Waals surface area contributed by atoms with E-state index in [0.29, 0.717) is 44.1 Å². The van der Waals surface area contributed by atoms with E-state index in [2.05, 4.69) is 10.1 Å². The van der Waals surface area contributed by atoms with Gasteiger partial charge in [0.15, 0.2) is 5.82 Å². The summed E-state index contributed by atoms with van der Waals surface area (Å²) in [6, 6.07) is 0.199. The van der Waals surface area contributed by atoms with Gasteiger partial charge in [0.05, 0.1) is 12.1 Å². The molecule has 1 aromatic rings. The van der Waals surface area contributed by atoms with E-state index in [1.165, 1.54) is 0 Å². The van der Waals surface area contributed by atoms with Crippen molar-refractivity contribution in [3.8, 4) is 0 Å². The lowest BCUT2D eigenvalue weighted by Gasteiger charge is -2.35. The van der Waals surface area contributed by atoms with Crippen LogP contribution in [-0.2, 0) is 22.4 Å². The van der Waals surface area contributed by atoms with Crippen molar-refractivity contribution >= 4 is 12.0 Å². The molecule has 1 saturated carbocycles. The van der Waals surface area contributed by atoms with Crippen LogP contribution in [0.2, 0.25) is 0 Å². The molecule has 0 aromatic carbocycles. The van der Waals surface area contributed by atoms with Crippen molar-refractivity contribution in [3.63, 3.8) is 0 Å². The molecule has 2 heterocycles. The third-order valence-corrected chi connectivity index (χ3v) is 4.43. The summed E-state index contributed by atoms with van der Waals surface area (Å²) in [4.78, 5) is 32.6. The Morgan fingerprint density at radius 2 is 1.92 bits per heavy atom. The predicted octanol–water partition coefficient (Wildman–Crippen LogP) is 1.78. The Morgan fingerprint density at radius 1 is 1.24 bits per heavy atom. The van der Waals surface area contributed by atoms with Gasteiger partial charge in [-0.2, -0.15) is 4.98 Å². The average Bonchev–Trinajstić information content (AvgIpc) is 3.20. The lowest BCUT2D eigenvalue weighted by molar-refractivity contribution is -0.133. The second kappa shape index (κ2) is 6.65. The first-order chi connectivity index (χ1) is 11.8. The smallest absolute Gasteiger partial charge is 0.410 e. The summed E-state index contributed by atoms with van der Waals surface area (Å²) in [7, 11) is 0. The van der Waals surface area contributed by atoms with Gasteiger partial charge in [-0.25, -0.2) is 4.79 Å². The molecule has 2 aliphatic rings. The van der Waals surface area contributed by atoms with Crippen LogP contribution in [0.1, 0.15) is 52.3 Å². The maximum atomic E-state index is 12.5. The zero-order valence-corrected chi connectivity index (χ0v) is 15.3. The molecule has 2 atom stereocenters. The fourth-order valence-electron chi connectivity index (χ4n) is 3.14. The summed E-state index contributed by atoms with van der Waals surface area (Å²) < 4.78 is 10.6. The topological polar surface area (TPSA) is 88.8 Å². The normalized spacial score (nSPS) is 22.6. The van der Waals surface area contributed by atoms with E-state index in [1.54, 1.807) is 4.90 Å². The first-order valence-corrected chi connectivity index (χ1v) is 8.89. The second-order valence-corrected chi connectivity index (χ2v) is 7.59. The van der Waals surface area contributed by atoms with Crippen molar-refractivity contribution in [2.24, 2.45) is 0 Å². The quantitative estimate of drug-likeness (QED) is 0.822. The molecule has 8 nitrogen and oxygen atoms in total. The molecule has 1 aliphatic carbocycles. The highest BCUT2D eigenvalue weighted by Gasteiger charge is 2.52. The van der Waals surface area contributed by atoms with Crippen molar-refractivity contribution in [2.45, 2.75) is 71.1 Å². The number of aryl methyl sites for hydroxylation is 2. The number of aromatic nitrogens is 2. The number of rotatable bonds is 4. The first-order valence-electron chi connectivity index (χ1n) is 8.89. The molecule has 1 saturated heterocycles. The molecule has 2 amide bonds. The Hall–Kier alpha value is -2.12. The molecule has 8 heteroatoms. The molecular formula is C17H26N4O4. The number of carbonyl (C=O) groups is 2. The van der Waals surface area contributed by atoms with Crippen molar-refractivity contribution in [1.82, 2.24) is 19.9 Å². The van der Waals surface area contributed by atoms with Gasteiger partial charge in [0.1, 0.15) is 5.60 Å². The van der Waals surface area contributed by atoms with Gasteiger partial charge >= 0.3 is 6.09 Å². The van der Waals surface area contributed by atoms with E-state index in [-0.39, 0.29) is 24.1 Å². The third-order valence-electron chi connectivity index (χ3n) is 4.43. The Kier molecular flexibility index (Phi) is 4.71. The molecule has 2 unspecified atom stereocenters. The van der Waals surface area contributed by atoms with Crippen LogP contribution in [0.5, 0.6) is 0 Å². The van der Waals surface area contributed by atoms with Gasteiger partial charge in [-0.3, -0.25) is 4.79 Å². The van der Waals surface area contributed by atoms with Crippen molar-refractivity contribution in [2.75, 3.05) is 13.1 Å². The summed E-state index contributed by atoms with van der Waals surface area (Å²) in [5.41, 5.74) is -0.504. The zero-order chi connectivity index (χ0) is 18.2. The average molecular weight is 350 g/mol. The standard InChI is InChI=1S/C17H26N4O4/c1-5-13-18-14(25-19-13)6-7-15(22)20-8-9-21(12-10-11(12)20)16(23)24-17(2,3)4/h11-12H,5-10H2,1-4H3. The number of fused-ring (bicyclic) bond motifs is 1. The van der Waals surface area contributed by atoms with Crippen LogP contribution < -0.4 is 0 Å². The van der Waals surface area contributed by atoms with Crippen LogP contribution in [0.15, 0.2) is 4.52 Å². The summed E-state index contributed by atoms with van der Waals surface area (Å²) >= 11 is 0. The summed E-state index contributed by atoms with van der Waals surface area (Å²) in [5, 5.41) is 3.84.